The molecule has 18 heteroatoms. The van der Waals surface area contributed by atoms with Crippen LogP contribution in [0.2, 0.25) is 0 Å². The Hall–Kier alpha value is -5.88. The van der Waals surface area contributed by atoms with Gasteiger partial charge in [-0.05, 0) is 94.5 Å². The van der Waals surface area contributed by atoms with E-state index in [1.807, 2.05) is 6.07 Å². The number of piperidine rings is 1. The second-order valence-electron chi connectivity index (χ2n) is 16.7. The largest absolute Gasteiger partial charge is 0.444 e. The van der Waals surface area contributed by atoms with E-state index in [9.17, 15) is 32.8 Å². The molecular weight excluding hydrogens is 805 g/mol. The lowest BCUT2D eigenvalue weighted by atomic mass is 9.86. The van der Waals surface area contributed by atoms with Gasteiger partial charge < -0.3 is 24.7 Å². The third-order valence-corrected chi connectivity index (χ3v) is 12.1. The number of fused-ring (bicyclic) bond motifs is 1. The van der Waals surface area contributed by atoms with Gasteiger partial charge >= 0.3 is 0 Å². The summed E-state index contributed by atoms with van der Waals surface area (Å²) in [6.45, 7) is 3.01. The predicted molar refractivity (Wildman–Crippen MR) is 221 cm³/mol. The van der Waals surface area contributed by atoms with Gasteiger partial charge in [-0.1, -0.05) is 18.9 Å². The zero-order valence-electron chi connectivity index (χ0n) is 34.6. The molecule has 16 nitrogen and oxygen atoms in total. The third kappa shape index (κ3) is 9.91. The molecule has 1 atom stereocenters. The van der Waals surface area contributed by atoms with Crippen LogP contribution in [0.4, 0.5) is 20.2 Å². The van der Waals surface area contributed by atoms with Gasteiger partial charge in [-0.25, -0.2) is 13.8 Å². The number of aromatic nitrogens is 4. The molecule has 8 rings (SSSR count). The topological polar surface area (TPSA) is 194 Å². The van der Waals surface area contributed by atoms with Crippen LogP contribution in [0.15, 0.2) is 53.4 Å². The highest BCUT2D eigenvalue weighted by Crippen LogP contribution is 2.37. The summed E-state index contributed by atoms with van der Waals surface area (Å²) in [4.78, 5) is 75.5. The first-order valence-electron chi connectivity index (χ1n) is 21.5. The van der Waals surface area contributed by atoms with E-state index < -0.39 is 47.7 Å². The molecule has 3 aromatic heterocycles. The number of benzene rings is 1. The van der Waals surface area contributed by atoms with Gasteiger partial charge in [-0.15, -0.1) is 0 Å². The Bertz CT molecular complexity index is 2300. The summed E-state index contributed by atoms with van der Waals surface area (Å²) in [5.74, 6) is -1.38. The van der Waals surface area contributed by atoms with Crippen molar-refractivity contribution in [2.75, 3.05) is 50.5 Å². The first kappa shape index (κ1) is 42.8. The summed E-state index contributed by atoms with van der Waals surface area (Å²) in [6.07, 6.45) is 10.3. The van der Waals surface area contributed by atoms with Crippen molar-refractivity contribution < 1.29 is 41.9 Å². The number of alkyl halides is 2. The number of carbonyl (C=O) groups is 5. The number of nitrogens with zero attached hydrogens (tertiary/aromatic N) is 6. The van der Waals surface area contributed by atoms with E-state index in [-0.39, 0.29) is 47.3 Å². The van der Waals surface area contributed by atoms with Gasteiger partial charge in [0.1, 0.15) is 12.3 Å². The fourth-order valence-corrected chi connectivity index (χ4v) is 8.64. The molecule has 4 aromatic rings. The van der Waals surface area contributed by atoms with E-state index in [1.165, 1.54) is 25.3 Å². The Morgan fingerprint density at radius 3 is 2.60 bits per heavy atom. The Kier molecular flexibility index (Phi) is 13.1. The van der Waals surface area contributed by atoms with Gasteiger partial charge in [0.05, 0.1) is 29.5 Å². The lowest BCUT2D eigenvalue weighted by Crippen LogP contribution is -2.54. The van der Waals surface area contributed by atoms with Gasteiger partial charge in [0.25, 0.3) is 24.1 Å². The average molecular weight is 856 g/mol. The summed E-state index contributed by atoms with van der Waals surface area (Å²) in [7, 11) is 2.07. The number of carbonyl (C=O) groups excluding carboxylic acids is 5. The number of hydrogen-bond donors (Lipinski definition) is 3. The van der Waals surface area contributed by atoms with Crippen LogP contribution >= 0.6 is 0 Å². The van der Waals surface area contributed by atoms with E-state index in [2.05, 4.69) is 43.0 Å². The summed E-state index contributed by atoms with van der Waals surface area (Å²) in [6, 6.07) is 7.51. The number of halogens is 2. The summed E-state index contributed by atoms with van der Waals surface area (Å²) in [5, 5.41) is 12.2. The highest BCUT2D eigenvalue weighted by Gasteiger charge is 2.45. The van der Waals surface area contributed by atoms with Crippen molar-refractivity contribution in [3.05, 3.63) is 77.2 Å². The lowest BCUT2D eigenvalue weighted by molar-refractivity contribution is -0.136. The fourth-order valence-electron chi connectivity index (χ4n) is 8.64. The van der Waals surface area contributed by atoms with E-state index in [4.69, 9.17) is 9.15 Å². The molecule has 3 fully saturated rings. The number of anilines is 2. The van der Waals surface area contributed by atoms with Crippen molar-refractivity contribution in [1.29, 1.82) is 0 Å². The zero-order chi connectivity index (χ0) is 43.3. The van der Waals surface area contributed by atoms with Gasteiger partial charge in [-0.2, -0.15) is 5.10 Å². The molecule has 2 aliphatic heterocycles. The van der Waals surface area contributed by atoms with E-state index in [0.29, 0.717) is 36.9 Å². The maximum absolute atomic E-state index is 14.1. The van der Waals surface area contributed by atoms with Crippen LogP contribution in [0.25, 0.3) is 11.5 Å². The van der Waals surface area contributed by atoms with Crippen molar-refractivity contribution in [3.63, 3.8) is 0 Å². The molecule has 2 saturated carbocycles. The molecule has 0 bridgehead atoms. The van der Waals surface area contributed by atoms with Crippen LogP contribution < -0.4 is 16.0 Å². The molecule has 62 heavy (non-hydrogen) atoms. The standard InChI is InChI=1S/C44H51F2N9O7/c1-53(19-3-20-61-21-18-48-32-5-2-4-31-37(32)44(60)55(43(31)59)35-14-15-36(56)51-41(35)58)23-27-9-12-30(13-10-27)54-24-33(38(52-54)39(45)46)49-40(57)34-25-62-42(50-34)28-16-17-47-29(22-28)11-8-26-6-7-26/h2,4-5,16-17,22,24-27,30,35,39,48H,3,6-15,18-21,23H2,1H3,(H,49,57)(H,51,56,58). The third-order valence-electron chi connectivity index (χ3n) is 12.1. The van der Waals surface area contributed by atoms with Gasteiger partial charge in [0.15, 0.2) is 11.4 Å². The zero-order valence-corrected chi connectivity index (χ0v) is 34.6. The Balaban J connectivity index is 0.741. The molecule has 0 spiro atoms. The Morgan fingerprint density at radius 2 is 1.82 bits per heavy atom. The number of aryl methyl sites for hydroxylation is 1. The summed E-state index contributed by atoms with van der Waals surface area (Å²) >= 11 is 0. The quantitative estimate of drug-likeness (QED) is 0.0732. The number of imide groups is 2. The van der Waals surface area contributed by atoms with E-state index in [1.54, 1.807) is 35.1 Å². The Labute approximate surface area is 357 Å². The van der Waals surface area contributed by atoms with E-state index >= 15 is 0 Å². The molecule has 5 heterocycles. The molecule has 2 aliphatic carbocycles. The fraction of sp³-hybridized carbons (Fsp3) is 0.500. The van der Waals surface area contributed by atoms with Crippen LogP contribution in [-0.4, -0.2) is 105 Å². The second-order valence-corrected chi connectivity index (χ2v) is 16.7. The number of amides is 5. The number of oxazole rings is 1. The molecule has 1 unspecified atom stereocenters. The highest BCUT2D eigenvalue weighted by molar-refractivity contribution is 6.25. The summed E-state index contributed by atoms with van der Waals surface area (Å²) < 4.78 is 41.3. The molecule has 328 valence electrons. The summed E-state index contributed by atoms with van der Waals surface area (Å²) in [5.41, 5.74) is 1.98. The average Bonchev–Trinajstić information content (AvgIpc) is 3.66. The van der Waals surface area contributed by atoms with Crippen LogP contribution in [0, 0.1) is 11.8 Å². The maximum atomic E-state index is 14.1. The minimum Gasteiger partial charge on any atom is -0.444 e. The van der Waals surface area contributed by atoms with Crippen LogP contribution in [0.3, 0.4) is 0 Å². The molecule has 3 N–H and O–H groups in total. The van der Waals surface area contributed by atoms with Crippen LogP contribution in [0.5, 0.6) is 0 Å². The van der Waals surface area contributed by atoms with Gasteiger partial charge in [0, 0.05) is 62.0 Å². The number of nitrogens with one attached hydrogen (secondary N) is 3. The van der Waals surface area contributed by atoms with Crippen molar-refractivity contribution in [3.8, 4) is 11.5 Å². The minimum absolute atomic E-state index is 0.0236. The molecule has 0 radical (unpaired) electrons. The number of rotatable bonds is 19. The van der Waals surface area contributed by atoms with Crippen molar-refractivity contribution in [2.24, 2.45) is 11.8 Å². The molecule has 4 aliphatic rings. The van der Waals surface area contributed by atoms with E-state index in [0.717, 1.165) is 74.5 Å². The number of hydrogen-bond acceptors (Lipinski definition) is 12. The van der Waals surface area contributed by atoms with Crippen molar-refractivity contribution in [1.82, 2.24) is 34.9 Å². The molecule has 1 aromatic carbocycles. The smallest absolute Gasteiger partial charge is 0.284 e. The Morgan fingerprint density at radius 1 is 1.02 bits per heavy atom. The SMILES string of the molecule is CN(CCCOCCNc1cccc2c1C(=O)N(C1CCC(=O)NC1=O)C2=O)CC1CCC(n2cc(NC(=O)c3coc(-c4ccnc(CCC5CC5)c4)n3)c(C(F)F)n2)CC1. The molecule has 1 saturated heterocycles. The predicted octanol–water partition coefficient (Wildman–Crippen LogP) is 6.05. The molecular formula is C44H51F2N9O7. The maximum Gasteiger partial charge on any atom is 0.284 e. The van der Waals surface area contributed by atoms with Gasteiger partial charge in [-0.3, -0.25) is 43.9 Å². The highest BCUT2D eigenvalue weighted by atomic mass is 19.3. The van der Waals surface area contributed by atoms with Crippen LogP contribution in [0.1, 0.15) is 119 Å². The monoisotopic (exact) mass is 855 g/mol. The number of pyridine rings is 1. The van der Waals surface area contributed by atoms with Gasteiger partial charge in [0.2, 0.25) is 17.7 Å². The first-order valence-corrected chi connectivity index (χ1v) is 21.5. The molecule has 5 amide bonds. The van der Waals surface area contributed by atoms with Crippen molar-refractivity contribution >= 4 is 40.9 Å². The first-order chi connectivity index (χ1) is 30.0. The van der Waals surface area contributed by atoms with Crippen molar-refractivity contribution in [2.45, 2.75) is 89.1 Å². The second kappa shape index (κ2) is 19.0. The minimum atomic E-state index is -2.88. The lowest BCUT2D eigenvalue weighted by Gasteiger charge is -2.31. The number of ether oxygens (including phenoxy) is 1. The normalized spacial score (nSPS) is 20.3. The van der Waals surface area contributed by atoms with Crippen LogP contribution in [-0.2, 0) is 20.7 Å².